The van der Waals surface area contributed by atoms with Crippen LogP contribution in [0.3, 0.4) is 0 Å². The van der Waals surface area contributed by atoms with Gasteiger partial charge in [-0.2, -0.15) is 4.31 Å². The van der Waals surface area contributed by atoms with Gasteiger partial charge in [0.15, 0.2) is 0 Å². The van der Waals surface area contributed by atoms with E-state index in [2.05, 4.69) is 0 Å². The molecule has 1 saturated heterocycles. The summed E-state index contributed by atoms with van der Waals surface area (Å²) in [4.78, 5) is 11.0. The summed E-state index contributed by atoms with van der Waals surface area (Å²) in [6.45, 7) is 0.334. The van der Waals surface area contributed by atoms with Crippen molar-refractivity contribution in [1.29, 1.82) is 0 Å². The van der Waals surface area contributed by atoms with Crippen LogP contribution in [-0.4, -0.2) is 36.9 Å². The molecule has 92 valence electrons. The smallest absolute Gasteiger partial charge is 0.307 e. The summed E-state index contributed by atoms with van der Waals surface area (Å²) in [5.41, 5.74) is 0. The van der Waals surface area contributed by atoms with E-state index < -0.39 is 21.9 Å². The molecule has 0 saturated carbocycles. The van der Waals surface area contributed by atoms with Crippen molar-refractivity contribution in [3.05, 3.63) is 30.3 Å². The first-order valence-electron chi connectivity index (χ1n) is 5.30. The van der Waals surface area contributed by atoms with Crippen LogP contribution in [0.5, 0.6) is 0 Å². The SMILES string of the molecule is O=C(O)[C@@H]1CCN(S(=O)(=O)c2ccccc2)C1. The predicted molar refractivity (Wildman–Crippen MR) is 60.9 cm³/mol. The fraction of sp³-hybridized carbons (Fsp3) is 0.364. The van der Waals surface area contributed by atoms with Crippen molar-refractivity contribution in [3.63, 3.8) is 0 Å². The normalized spacial score (nSPS) is 21.5. The molecular weight excluding hydrogens is 242 g/mol. The molecule has 1 aliphatic heterocycles. The Morgan fingerprint density at radius 3 is 2.47 bits per heavy atom. The van der Waals surface area contributed by atoms with Gasteiger partial charge in [-0.15, -0.1) is 0 Å². The van der Waals surface area contributed by atoms with Gasteiger partial charge in [0.25, 0.3) is 0 Å². The third kappa shape index (κ3) is 2.32. The Morgan fingerprint density at radius 1 is 1.29 bits per heavy atom. The van der Waals surface area contributed by atoms with E-state index >= 15 is 0 Å². The molecule has 1 aliphatic rings. The van der Waals surface area contributed by atoms with Crippen LogP contribution in [0.4, 0.5) is 0 Å². The Hall–Kier alpha value is -1.40. The first kappa shape index (κ1) is 12.1. The van der Waals surface area contributed by atoms with E-state index in [0.29, 0.717) is 6.42 Å². The highest BCUT2D eigenvalue weighted by Crippen LogP contribution is 2.24. The monoisotopic (exact) mass is 255 g/mol. The van der Waals surface area contributed by atoms with Crippen molar-refractivity contribution in [3.8, 4) is 0 Å². The molecule has 2 rings (SSSR count). The van der Waals surface area contributed by atoms with Gasteiger partial charge in [-0.25, -0.2) is 8.42 Å². The number of carboxylic acids is 1. The van der Waals surface area contributed by atoms with E-state index in [9.17, 15) is 13.2 Å². The number of rotatable bonds is 3. The zero-order valence-corrected chi connectivity index (χ0v) is 9.93. The molecule has 0 amide bonds. The van der Waals surface area contributed by atoms with Crippen LogP contribution in [0, 0.1) is 5.92 Å². The van der Waals surface area contributed by atoms with Gasteiger partial charge in [0.05, 0.1) is 10.8 Å². The average Bonchev–Trinajstić information content (AvgIpc) is 2.80. The van der Waals surface area contributed by atoms with Crippen LogP contribution in [0.25, 0.3) is 0 Å². The molecule has 6 heteroatoms. The number of carboxylic acid groups (broad SMARTS) is 1. The first-order valence-corrected chi connectivity index (χ1v) is 6.74. The summed E-state index contributed by atoms with van der Waals surface area (Å²) < 4.78 is 25.5. The predicted octanol–water partition coefficient (Wildman–Crippen LogP) is 0.782. The minimum Gasteiger partial charge on any atom is -0.481 e. The Kier molecular flexibility index (Phi) is 3.17. The maximum absolute atomic E-state index is 12.1. The largest absolute Gasteiger partial charge is 0.481 e. The van der Waals surface area contributed by atoms with Crippen molar-refractivity contribution in [1.82, 2.24) is 4.31 Å². The van der Waals surface area contributed by atoms with Crippen LogP contribution in [0.2, 0.25) is 0 Å². The number of aliphatic carboxylic acids is 1. The quantitative estimate of drug-likeness (QED) is 0.866. The lowest BCUT2D eigenvalue weighted by Gasteiger charge is -2.15. The number of hydrogen-bond donors (Lipinski definition) is 1. The molecule has 0 aromatic heterocycles. The Morgan fingerprint density at radius 2 is 1.94 bits per heavy atom. The van der Waals surface area contributed by atoms with Crippen molar-refractivity contribution in [2.24, 2.45) is 5.92 Å². The molecule has 1 aromatic rings. The van der Waals surface area contributed by atoms with Crippen LogP contribution < -0.4 is 0 Å². The van der Waals surface area contributed by atoms with Crippen molar-refractivity contribution in [2.75, 3.05) is 13.1 Å². The second kappa shape index (κ2) is 4.46. The number of benzene rings is 1. The van der Waals surface area contributed by atoms with Crippen molar-refractivity contribution < 1.29 is 18.3 Å². The highest BCUT2D eigenvalue weighted by molar-refractivity contribution is 7.89. The zero-order chi connectivity index (χ0) is 12.5. The van der Waals surface area contributed by atoms with Gasteiger partial charge in [0.2, 0.25) is 10.0 Å². The molecule has 0 aliphatic carbocycles. The third-order valence-electron chi connectivity index (χ3n) is 2.88. The fourth-order valence-electron chi connectivity index (χ4n) is 1.89. The topological polar surface area (TPSA) is 74.7 Å². The minimum absolute atomic E-state index is 0.0621. The third-order valence-corrected chi connectivity index (χ3v) is 4.76. The highest BCUT2D eigenvalue weighted by atomic mass is 32.2. The first-order chi connectivity index (χ1) is 8.01. The summed E-state index contributed by atoms with van der Waals surface area (Å²) >= 11 is 0. The lowest BCUT2D eigenvalue weighted by Crippen LogP contribution is -2.30. The second-order valence-corrected chi connectivity index (χ2v) is 5.94. The lowest BCUT2D eigenvalue weighted by atomic mass is 10.1. The number of nitrogens with zero attached hydrogens (tertiary/aromatic N) is 1. The van der Waals surface area contributed by atoms with Crippen molar-refractivity contribution >= 4 is 16.0 Å². The molecule has 5 nitrogen and oxygen atoms in total. The summed E-state index contributed by atoms with van der Waals surface area (Å²) in [6, 6.07) is 8.07. The van der Waals surface area contributed by atoms with Gasteiger partial charge in [-0.1, -0.05) is 18.2 Å². The van der Waals surface area contributed by atoms with Gasteiger partial charge in [0, 0.05) is 13.1 Å². The van der Waals surface area contributed by atoms with Crippen LogP contribution in [0.15, 0.2) is 35.2 Å². The Labute approximate surface area is 99.7 Å². The van der Waals surface area contributed by atoms with Crippen LogP contribution >= 0.6 is 0 Å². The van der Waals surface area contributed by atoms with E-state index in [1.54, 1.807) is 18.2 Å². The Bertz CT molecular complexity index is 512. The van der Waals surface area contributed by atoms with Crippen LogP contribution in [0.1, 0.15) is 6.42 Å². The van der Waals surface area contributed by atoms with Crippen molar-refractivity contribution in [2.45, 2.75) is 11.3 Å². The van der Waals surface area contributed by atoms with E-state index in [1.807, 2.05) is 0 Å². The van der Waals surface area contributed by atoms with Gasteiger partial charge in [0.1, 0.15) is 0 Å². The molecule has 0 bridgehead atoms. The molecule has 1 atom stereocenters. The molecule has 0 unspecified atom stereocenters. The molecule has 1 N–H and O–H groups in total. The molecule has 1 heterocycles. The molecule has 1 aromatic carbocycles. The summed E-state index contributed by atoms with van der Waals surface area (Å²) in [5, 5.41) is 8.85. The molecule has 17 heavy (non-hydrogen) atoms. The van der Waals surface area contributed by atoms with E-state index in [4.69, 9.17) is 5.11 Å². The van der Waals surface area contributed by atoms with Gasteiger partial charge >= 0.3 is 5.97 Å². The molecule has 0 radical (unpaired) electrons. The summed E-state index contributed by atoms with van der Waals surface area (Å²) in [5.74, 6) is -1.52. The Balaban J connectivity index is 2.22. The maximum Gasteiger partial charge on any atom is 0.307 e. The molecular formula is C11H13NO4S. The van der Waals surface area contributed by atoms with Crippen LogP contribution in [-0.2, 0) is 14.8 Å². The van der Waals surface area contributed by atoms with Gasteiger partial charge in [-0.3, -0.25) is 4.79 Å². The fourth-order valence-corrected chi connectivity index (χ4v) is 3.41. The standard InChI is InChI=1S/C11H13NO4S/c13-11(14)9-6-7-12(8-9)17(15,16)10-4-2-1-3-5-10/h1-5,9H,6-8H2,(H,13,14)/t9-/m1/s1. The molecule has 1 fully saturated rings. The number of hydrogen-bond acceptors (Lipinski definition) is 3. The highest BCUT2D eigenvalue weighted by Gasteiger charge is 2.35. The second-order valence-electron chi connectivity index (χ2n) is 4.00. The van der Waals surface area contributed by atoms with E-state index in [-0.39, 0.29) is 18.0 Å². The number of sulfonamides is 1. The zero-order valence-electron chi connectivity index (χ0n) is 9.11. The minimum atomic E-state index is -3.54. The van der Waals surface area contributed by atoms with Gasteiger partial charge < -0.3 is 5.11 Å². The summed E-state index contributed by atoms with van der Waals surface area (Å²) in [7, 11) is -3.54. The average molecular weight is 255 g/mol. The van der Waals surface area contributed by atoms with E-state index in [1.165, 1.54) is 16.4 Å². The lowest BCUT2D eigenvalue weighted by molar-refractivity contribution is -0.141. The molecule has 0 spiro atoms. The summed E-state index contributed by atoms with van der Waals surface area (Å²) in [6.07, 6.45) is 0.376. The van der Waals surface area contributed by atoms with E-state index in [0.717, 1.165) is 0 Å². The van der Waals surface area contributed by atoms with Gasteiger partial charge in [-0.05, 0) is 18.6 Å². The number of carbonyl (C=O) groups is 1. The maximum atomic E-state index is 12.1.